The number of hydrogen-bond acceptors (Lipinski definition) is 3. The number of halogens is 1. The molecular weight excluding hydrogens is 236 g/mol. The third kappa shape index (κ3) is 3.21. The Kier molecular flexibility index (Phi) is 3.76. The molecule has 0 bridgehead atoms. The van der Waals surface area contributed by atoms with Crippen LogP contribution in [0.1, 0.15) is 26.5 Å². The Morgan fingerprint density at radius 1 is 1.29 bits per heavy atom. The summed E-state index contributed by atoms with van der Waals surface area (Å²) in [4.78, 5) is 12.0. The van der Waals surface area contributed by atoms with Gasteiger partial charge in [-0.2, -0.15) is 0 Å². The van der Waals surface area contributed by atoms with Crippen LogP contribution in [-0.4, -0.2) is 51.5 Å². The van der Waals surface area contributed by atoms with Crippen molar-refractivity contribution in [3.8, 4) is 0 Å². The molecule has 0 amide bonds. The summed E-state index contributed by atoms with van der Waals surface area (Å²) < 4.78 is 0. The molecular formula is C12H21ClN4. The molecule has 1 fully saturated rings. The lowest BCUT2D eigenvalue weighted by Gasteiger charge is -2.42. The second kappa shape index (κ2) is 4.96. The van der Waals surface area contributed by atoms with Gasteiger partial charge in [0.1, 0.15) is 0 Å². The van der Waals surface area contributed by atoms with Crippen molar-refractivity contribution in [1.82, 2.24) is 19.8 Å². The van der Waals surface area contributed by atoms with Gasteiger partial charge in [0.15, 0.2) is 5.15 Å². The molecule has 0 saturated carbocycles. The molecule has 2 rings (SSSR count). The third-order valence-electron chi connectivity index (χ3n) is 3.37. The monoisotopic (exact) mass is 256 g/mol. The number of imidazole rings is 1. The van der Waals surface area contributed by atoms with Gasteiger partial charge in [-0.05, 0) is 20.8 Å². The Bertz CT molecular complexity index is 361. The number of rotatable bonds is 2. The zero-order valence-corrected chi connectivity index (χ0v) is 11.6. The minimum absolute atomic E-state index is 0.276. The maximum Gasteiger partial charge on any atom is 0.151 e. The van der Waals surface area contributed by atoms with Gasteiger partial charge in [-0.25, -0.2) is 4.98 Å². The topological polar surface area (TPSA) is 35.2 Å². The number of aromatic nitrogens is 2. The first-order valence-electron chi connectivity index (χ1n) is 6.12. The van der Waals surface area contributed by atoms with E-state index in [1.807, 2.05) is 0 Å². The van der Waals surface area contributed by atoms with E-state index in [2.05, 4.69) is 40.5 Å². The summed E-state index contributed by atoms with van der Waals surface area (Å²) >= 11 is 5.98. The predicted octanol–water partition coefficient (Wildman–Crippen LogP) is 1.98. The van der Waals surface area contributed by atoms with Gasteiger partial charge >= 0.3 is 0 Å². The average Bonchev–Trinajstić information content (AvgIpc) is 2.64. The molecule has 0 radical (unpaired) electrons. The van der Waals surface area contributed by atoms with Crippen LogP contribution >= 0.6 is 11.6 Å². The summed E-state index contributed by atoms with van der Waals surface area (Å²) in [5.74, 6) is 0. The van der Waals surface area contributed by atoms with Crippen LogP contribution < -0.4 is 0 Å². The van der Waals surface area contributed by atoms with Crippen LogP contribution in [0, 0.1) is 0 Å². The molecule has 17 heavy (non-hydrogen) atoms. The Morgan fingerprint density at radius 3 is 2.41 bits per heavy atom. The number of hydrogen-bond donors (Lipinski definition) is 1. The molecule has 1 aliphatic heterocycles. The van der Waals surface area contributed by atoms with Gasteiger partial charge in [-0.15, -0.1) is 0 Å². The average molecular weight is 257 g/mol. The molecule has 1 aromatic heterocycles. The summed E-state index contributed by atoms with van der Waals surface area (Å²) in [6, 6.07) is 0. The van der Waals surface area contributed by atoms with Gasteiger partial charge in [-0.3, -0.25) is 9.80 Å². The highest BCUT2D eigenvalue weighted by Crippen LogP contribution is 2.18. The lowest BCUT2D eigenvalue weighted by atomic mass is 10.0. The Labute approximate surface area is 108 Å². The molecule has 1 N–H and O–H groups in total. The van der Waals surface area contributed by atoms with E-state index in [1.165, 1.54) is 0 Å². The highest BCUT2D eigenvalue weighted by atomic mass is 35.5. The van der Waals surface area contributed by atoms with E-state index >= 15 is 0 Å². The van der Waals surface area contributed by atoms with Crippen LogP contribution in [0.3, 0.4) is 0 Å². The second-order valence-electron chi connectivity index (χ2n) is 5.61. The van der Waals surface area contributed by atoms with Crippen LogP contribution in [0.4, 0.5) is 0 Å². The first-order chi connectivity index (χ1) is 7.97. The quantitative estimate of drug-likeness (QED) is 0.879. The van der Waals surface area contributed by atoms with Crippen molar-refractivity contribution in [2.75, 3.05) is 26.2 Å². The Morgan fingerprint density at radius 2 is 1.94 bits per heavy atom. The van der Waals surface area contributed by atoms with Gasteiger partial charge < -0.3 is 4.98 Å². The van der Waals surface area contributed by atoms with Crippen molar-refractivity contribution < 1.29 is 0 Å². The number of nitrogens with zero attached hydrogens (tertiary/aromatic N) is 3. The molecule has 0 aromatic carbocycles. The minimum Gasteiger partial charge on any atom is -0.346 e. The van der Waals surface area contributed by atoms with E-state index in [0.717, 1.165) is 38.4 Å². The molecule has 0 atom stereocenters. The van der Waals surface area contributed by atoms with Crippen LogP contribution in [0.2, 0.25) is 5.15 Å². The van der Waals surface area contributed by atoms with Crippen molar-refractivity contribution in [2.45, 2.75) is 32.9 Å². The molecule has 1 saturated heterocycles. The van der Waals surface area contributed by atoms with Crippen LogP contribution in [0.5, 0.6) is 0 Å². The summed E-state index contributed by atoms with van der Waals surface area (Å²) in [6.07, 6.45) is 1.66. The number of piperazine rings is 1. The maximum atomic E-state index is 5.98. The summed E-state index contributed by atoms with van der Waals surface area (Å²) in [5, 5.41) is 0.600. The second-order valence-corrected chi connectivity index (χ2v) is 5.96. The molecule has 4 nitrogen and oxygen atoms in total. The van der Waals surface area contributed by atoms with Gasteiger partial charge in [0.05, 0.1) is 12.0 Å². The smallest absolute Gasteiger partial charge is 0.151 e. The van der Waals surface area contributed by atoms with E-state index in [9.17, 15) is 0 Å². The van der Waals surface area contributed by atoms with Crippen molar-refractivity contribution in [2.24, 2.45) is 0 Å². The maximum absolute atomic E-state index is 5.98. The zero-order chi connectivity index (χ0) is 12.5. The van der Waals surface area contributed by atoms with Gasteiger partial charge in [0.25, 0.3) is 0 Å². The molecule has 1 aromatic rings. The van der Waals surface area contributed by atoms with Crippen LogP contribution in [0.15, 0.2) is 6.33 Å². The van der Waals surface area contributed by atoms with Crippen molar-refractivity contribution >= 4 is 11.6 Å². The predicted molar refractivity (Wildman–Crippen MR) is 70.2 cm³/mol. The van der Waals surface area contributed by atoms with Crippen molar-refractivity contribution in [1.29, 1.82) is 0 Å². The Hall–Kier alpha value is -0.580. The molecule has 96 valence electrons. The molecule has 0 aliphatic carbocycles. The van der Waals surface area contributed by atoms with Crippen LogP contribution in [-0.2, 0) is 6.54 Å². The molecule has 0 spiro atoms. The largest absolute Gasteiger partial charge is 0.346 e. The highest BCUT2D eigenvalue weighted by molar-refractivity contribution is 6.30. The fourth-order valence-electron chi connectivity index (χ4n) is 2.22. The fraction of sp³-hybridized carbons (Fsp3) is 0.750. The van der Waals surface area contributed by atoms with Gasteiger partial charge in [0, 0.05) is 38.3 Å². The Balaban J connectivity index is 1.86. The van der Waals surface area contributed by atoms with Gasteiger partial charge in [0.2, 0.25) is 0 Å². The minimum atomic E-state index is 0.276. The molecule has 5 heteroatoms. The van der Waals surface area contributed by atoms with Crippen LogP contribution in [0.25, 0.3) is 0 Å². The van der Waals surface area contributed by atoms with E-state index < -0.39 is 0 Å². The first kappa shape index (κ1) is 12.9. The highest BCUT2D eigenvalue weighted by Gasteiger charge is 2.26. The number of H-pyrrole nitrogens is 1. The van der Waals surface area contributed by atoms with Crippen molar-refractivity contribution in [3.63, 3.8) is 0 Å². The summed E-state index contributed by atoms with van der Waals surface area (Å²) in [6.45, 7) is 12.1. The zero-order valence-electron chi connectivity index (χ0n) is 10.8. The van der Waals surface area contributed by atoms with E-state index in [4.69, 9.17) is 11.6 Å². The standard InChI is InChI=1S/C12H21ClN4/c1-12(2,3)17-6-4-16(5-7-17)8-10-11(13)15-9-14-10/h9H,4-8H2,1-3H3,(H,14,15). The fourth-order valence-corrected chi connectivity index (χ4v) is 2.38. The van der Waals surface area contributed by atoms with E-state index in [0.29, 0.717) is 5.15 Å². The van der Waals surface area contributed by atoms with Crippen molar-refractivity contribution in [3.05, 3.63) is 17.2 Å². The third-order valence-corrected chi connectivity index (χ3v) is 3.69. The molecule has 2 heterocycles. The normalized spacial score (nSPS) is 19.8. The lowest BCUT2D eigenvalue weighted by Crippen LogP contribution is -2.53. The van der Waals surface area contributed by atoms with E-state index in [1.54, 1.807) is 6.33 Å². The lowest BCUT2D eigenvalue weighted by molar-refractivity contribution is 0.0586. The first-order valence-corrected chi connectivity index (χ1v) is 6.50. The summed E-state index contributed by atoms with van der Waals surface area (Å²) in [7, 11) is 0. The SMILES string of the molecule is CC(C)(C)N1CCN(Cc2[nH]cnc2Cl)CC1. The van der Waals surface area contributed by atoms with E-state index in [-0.39, 0.29) is 5.54 Å². The van der Waals surface area contributed by atoms with Gasteiger partial charge in [-0.1, -0.05) is 11.6 Å². The number of aromatic amines is 1. The number of nitrogens with one attached hydrogen (secondary N) is 1. The molecule has 1 aliphatic rings. The summed E-state index contributed by atoms with van der Waals surface area (Å²) in [5.41, 5.74) is 1.30. The molecule has 0 unspecified atom stereocenters.